The van der Waals surface area contributed by atoms with Gasteiger partial charge in [-0.3, -0.25) is 4.79 Å². The zero-order valence-corrected chi connectivity index (χ0v) is 10.8. The number of nitrogens with zero attached hydrogens (tertiary/aromatic N) is 1. The Hall–Kier alpha value is -0.260. The molecule has 1 atom stereocenters. The van der Waals surface area contributed by atoms with Crippen LogP contribution in [0.2, 0.25) is 0 Å². The van der Waals surface area contributed by atoms with Gasteiger partial charge in [-0.15, -0.1) is 0 Å². The average Bonchev–Trinajstić information content (AvgIpc) is 2.64. The van der Waals surface area contributed by atoms with Gasteiger partial charge in [-0.05, 0) is 20.3 Å². The third-order valence-corrected chi connectivity index (χ3v) is 4.49. The van der Waals surface area contributed by atoms with Crippen molar-refractivity contribution in [3.8, 4) is 0 Å². The molecule has 92 valence electrons. The van der Waals surface area contributed by atoms with E-state index in [1.54, 1.807) is 0 Å². The van der Waals surface area contributed by atoms with Crippen LogP contribution in [0, 0.1) is 0 Å². The van der Waals surface area contributed by atoms with Crippen LogP contribution in [0.5, 0.6) is 0 Å². The van der Waals surface area contributed by atoms with Crippen LogP contribution in [-0.2, 0) is 9.53 Å². The van der Waals surface area contributed by atoms with Crippen molar-refractivity contribution >= 4 is 17.7 Å². The summed E-state index contributed by atoms with van der Waals surface area (Å²) in [4.78, 5) is 14.2. The van der Waals surface area contributed by atoms with E-state index >= 15 is 0 Å². The largest absolute Gasteiger partial charge is 0.379 e. The molecule has 2 N–H and O–H groups in total. The van der Waals surface area contributed by atoms with Crippen molar-refractivity contribution in [2.45, 2.75) is 30.6 Å². The number of carbonyl (C=O) groups is 1. The fourth-order valence-corrected chi connectivity index (χ4v) is 3.37. The molecule has 0 aromatic carbocycles. The van der Waals surface area contributed by atoms with Gasteiger partial charge >= 0.3 is 0 Å². The summed E-state index contributed by atoms with van der Waals surface area (Å²) in [5.41, 5.74) is 5.33. The van der Waals surface area contributed by atoms with E-state index in [4.69, 9.17) is 10.5 Å². The molecule has 5 heteroatoms. The van der Waals surface area contributed by atoms with Crippen LogP contribution in [0.25, 0.3) is 0 Å². The first-order valence-corrected chi connectivity index (χ1v) is 6.72. The van der Waals surface area contributed by atoms with E-state index in [0.717, 1.165) is 18.8 Å². The quantitative estimate of drug-likeness (QED) is 0.728. The molecule has 1 amide bonds. The second-order valence-corrected chi connectivity index (χ2v) is 7.10. The summed E-state index contributed by atoms with van der Waals surface area (Å²) in [5, 5.41) is 0. The first-order valence-electron chi connectivity index (χ1n) is 5.73. The van der Waals surface area contributed by atoms with Crippen molar-refractivity contribution in [2.75, 3.05) is 32.1 Å². The van der Waals surface area contributed by atoms with Crippen molar-refractivity contribution in [1.29, 1.82) is 0 Å². The normalized spacial score (nSPS) is 34.1. The highest BCUT2D eigenvalue weighted by Crippen LogP contribution is 2.31. The van der Waals surface area contributed by atoms with Gasteiger partial charge in [0.05, 0.1) is 6.61 Å². The molecule has 2 heterocycles. The first-order chi connectivity index (χ1) is 7.43. The van der Waals surface area contributed by atoms with Crippen LogP contribution in [0.3, 0.4) is 0 Å². The van der Waals surface area contributed by atoms with Crippen LogP contribution < -0.4 is 5.73 Å². The molecule has 0 aromatic rings. The van der Waals surface area contributed by atoms with Crippen molar-refractivity contribution < 1.29 is 9.53 Å². The van der Waals surface area contributed by atoms with E-state index < -0.39 is 5.54 Å². The highest BCUT2D eigenvalue weighted by atomic mass is 32.2. The first kappa shape index (κ1) is 12.2. The number of rotatable bonds is 1. The standard InChI is InChI=1S/C11H20N2O2S/c1-10(2)7-13(4-6-16-10)9(14)11(12)3-5-15-8-11/h3-8,12H2,1-2H3. The maximum absolute atomic E-state index is 12.3. The fourth-order valence-electron chi connectivity index (χ4n) is 2.25. The predicted octanol–water partition coefficient (Wildman–Crippen LogP) is 0.458. The Bertz CT molecular complexity index is 288. The Balaban J connectivity index is 2.04. The van der Waals surface area contributed by atoms with Gasteiger partial charge in [0, 0.05) is 30.2 Å². The zero-order chi connectivity index (χ0) is 11.8. The van der Waals surface area contributed by atoms with Gasteiger partial charge in [0.15, 0.2) is 0 Å². The molecule has 0 aromatic heterocycles. The number of nitrogens with two attached hydrogens (primary N) is 1. The smallest absolute Gasteiger partial charge is 0.245 e. The van der Waals surface area contributed by atoms with Gasteiger partial charge in [0.25, 0.3) is 0 Å². The lowest BCUT2D eigenvalue weighted by Crippen LogP contribution is -2.59. The molecule has 1 unspecified atom stereocenters. The Labute approximate surface area is 101 Å². The zero-order valence-electron chi connectivity index (χ0n) is 9.99. The van der Waals surface area contributed by atoms with E-state index in [1.165, 1.54) is 0 Å². The number of carbonyl (C=O) groups excluding carboxylic acids is 1. The monoisotopic (exact) mass is 244 g/mol. The molecule has 4 nitrogen and oxygen atoms in total. The second-order valence-electron chi connectivity index (χ2n) is 5.29. The summed E-state index contributed by atoms with van der Waals surface area (Å²) >= 11 is 1.92. The van der Waals surface area contributed by atoms with E-state index in [9.17, 15) is 4.79 Å². The molecule has 0 spiro atoms. The summed E-state index contributed by atoms with van der Waals surface area (Å²) in [6, 6.07) is 0. The molecular formula is C11H20N2O2S. The molecule has 2 aliphatic heterocycles. The minimum Gasteiger partial charge on any atom is -0.379 e. The molecule has 2 fully saturated rings. The Kier molecular flexibility index (Phi) is 3.20. The number of ether oxygens (including phenoxy) is 1. The topological polar surface area (TPSA) is 55.6 Å². The van der Waals surface area contributed by atoms with Crippen LogP contribution in [0.1, 0.15) is 20.3 Å². The van der Waals surface area contributed by atoms with Crippen LogP contribution >= 0.6 is 11.8 Å². The van der Waals surface area contributed by atoms with Crippen LogP contribution in [-0.4, -0.2) is 53.1 Å². The van der Waals surface area contributed by atoms with Gasteiger partial charge in [0.1, 0.15) is 5.54 Å². The number of hydrogen-bond acceptors (Lipinski definition) is 4. The number of thioether (sulfide) groups is 1. The van der Waals surface area contributed by atoms with Gasteiger partial charge in [-0.25, -0.2) is 0 Å². The predicted molar refractivity (Wildman–Crippen MR) is 65.5 cm³/mol. The van der Waals surface area contributed by atoms with Crippen molar-refractivity contribution in [3.63, 3.8) is 0 Å². The SMILES string of the molecule is CC1(C)CN(C(=O)C2(N)CCOC2)CCS1. The molecule has 16 heavy (non-hydrogen) atoms. The lowest BCUT2D eigenvalue weighted by Gasteiger charge is -2.40. The number of amides is 1. The fraction of sp³-hybridized carbons (Fsp3) is 0.909. The van der Waals surface area contributed by atoms with Crippen LogP contribution in [0.15, 0.2) is 0 Å². The average molecular weight is 244 g/mol. The van der Waals surface area contributed by atoms with Crippen molar-refractivity contribution in [1.82, 2.24) is 4.90 Å². The summed E-state index contributed by atoms with van der Waals surface area (Å²) in [5.74, 6) is 1.06. The second kappa shape index (κ2) is 4.20. The van der Waals surface area contributed by atoms with Crippen LogP contribution in [0.4, 0.5) is 0 Å². The maximum atomic E-state index is 12.3. The molecule has 0 radical (unpaired) electrons. The molecule has 2 saturated heterocycles. The lowest BCUT2D eigenvalue weighted by atomic mass is 9.97. The van der Waals surface area contributed by atoms with E-state index in [2.05, 4.69) is 13.8 Å². The molecular weight excluding hydrogens is 224 g/mol. The maximum Gasteiger partial charge on any atom is 0.245 e. The van der Waals surface area contributed by atoms with E-state index in [-0.39, 0.29) is 10.7 Å². The van der Waals surface area contributed by atoms with Gasteiger partial charge in [-0.2, -0.15) is 11.8 Å². The summed E-state index contributed by atoms with van der Waals surface area (Å²) in [7, 11) is 0. The lowest BCUT2D eigenvalue weighted by molar-refractivity contribution is -0.137. The van der Waals surface area contributed by atoms with Gasteiger partial charge in [0.2, 0.25) is 5.91 Å². The van der Waals surface area contributed by atoms with Gasteiger partial charge in [-0.1, -0.05) is 0 Å². The summed E-state index contributed by atoms with van der Waals surface area (Å²) < 4.78 is 5.39. The van der Waals surface area contributed by atoms with Crippen molar-refractivity contribution in [3.05, 3.63) is 0 Å². The van der Waals surface area contributed by atoms with Crippen molar-refractivity contribution in [2.24, 2.45) is 5.73 Å². The minimum atomic E-state index is -0.766. The third-order valence-electron chi connectivity index (χ3n) is 3.19. The minimum absolute atomic E-state index is 0.0679. The van der Waals surface area contributed by atoms with E-state index in [0.29, 0.717) is 19.6 Å². The Morgan fingerprint density at radius 1 is 1.50 bits per heavy atom. The summed E-state index contributed by atoms with van der Waals surface area (Å²) in [6.45, 7) is 6.92. The molecule has 0 bridgehead atoms. The molecule has 2 rings (SSSR count). The molecule has 2 aliphatic rings. The molecule has 0 aliphatic carbocycles. The third kappa shape index (κ3) is 2.36. The Morgan fingerprint density at radius 2 is 2.25 bits per heavy atom. The highest BCUT2D eigenvalue weighted by Gasteiger charge is 2.43. The summed E-state index contributed by atoms with van der Waals surface area (Å²) in [6.07, 6.45) is 0.649. The van der Waals surface area contributed by atoms with E-state index in [1.807, 2.05) is 16.7 Å². The Morgan fingerprint density at radius 3 is 2.81 bits per heavy atom. The van der Waals surface area contributed by atoms with Gasteiger partial charge < -0.3 is 15.4 Å². The highest BCUT2D eigenvalue weighted by molar-refractivity contribution is 8.00. The molecule has 0 saturated carbocycles. The number of hydrogen-bond donors (Lipinski definition) is 1.